The molecule has 0 saturated heterocycles. The smallest absolute Gasteiger partial charge is 0.203 e. The number of anilines is 1. The molecule has 2 aliphatic rings. The molecule has 0 radical (unpaired) electrons. The van der Waals surface area contributed by atoms with Crippen LogP contribution in [-0.4, -0.2) is 41.0 Å². The number of methoxy groups -OCH3 is 3. The Morgan fingerprint density at radius 2 is 1.64 bits per heavy atom. The summed E-state index contributed by atoms with van der Waals surface area (Å²) in [6.45, 7) is 4.88. The molecule has 0 aromatic heterocycles. The number of rotatable bonds is 8. The summed E-state index contributed by atoms with van der Waals surface area (Å²) in [6.07, 6.45) is 7.89. The molecular formula is C27H37NO4S. The van der Waals surface area contributed by atoms with Gasteiger partial charge in [0.05, 0.1) is 33.6 Å². The zero-order chi connectivity index (χ0) is 23.2. The van der Waals surface area contributed by atoms with E-state index >= 15 is 0 Å². The highest BCUT2D eigenvalue weighted by atomic mass is 32.2. The maximum atomic E-state index is 5.85. The molecule has 0 N–H and O–H groups in total. The Bertz CT molecular complexity index is 903. The predicted octanol–water partition coefficient (Wildman–Crippen LogP) is 6.73. The lowest BCUT2D eigenvalue weighted by Gasteiger charge is -2.31. The lowest BCUT2D eigenvalue weighted by atomic mass is 9.88. The van der Waals surface area contributed by atoms with Crippen LogP contribution in [0.25, 0.3) is 0 Å². The number of ether oxygens (including phenoxy) is 4. The molecule has 6 heteroatoms. The number of hydrogen-bond acceptors (Lipinski definition) is 6. The molecule has 1 unspecified atom stereocenters. The molecule has 1 saturated carbocycles. The van der Waals surface area contributed by atoms with Gasteiger partial charge in [-0.2, -0.15) is 0 Å². The van der Waals surface area contributed by atoms with Crippen LogP contribution in [0.5, 0.6) is 23.0 Å². The third kappa shape index (κ3) is 5.48. The van der Waals surface area contributed by atoms with Crippen molar-refractivity contribution in [3.63, 3.8) is 0 Å². The second-order valence-electron chi connectivity index (χ2n) is 8.87. The monoisotopic (exact) mass is 471 g/mol. The van der Waals surface area contributed by atoms with Gasteiger partial charge in [-0.15, -0.1) is 11.8 Å². The third-order valence-corrected chi connectivity index (χ3v) is 8.15. The first-order valence-corrected chi connectivity index (χ1v) is 13.0. The van der Waals surface area contributed by atoms with E-state index in [0.717, 1.165) is 31.2 Å². The van der Waals surface area contributed by atoms with Crippen molar-refractivity contribution in [2.75, 3.05) is 45.9 Å². The minimum atomic E-state index is 0.283. The van der Waals surface area contributed by atoms with Gasteiger partial charge >= 0.3 is 0 Å². The average molecular weight is 472 g/mol. The standard InChI is InChI=1S/C27H37NO4S/c1-5-32-21-11-12-22-26(17-21)33-25(13-14-28(22)18-19-9-7-6-8-10-19)20-15-23(29-2)27(31-4)24(16-20)30-3/h11-12,15-17,19,25H,5-10,13-14,18H2,1-4H3. The number of fused-ring (bicyclic) bond motifs is 1. The third-order valence-electron chi connectivity index (χ3n) is 6.78. The van der Waals surface area contributed by atoms with Gasteiger partial charge in [-0.1, -0.05) is 19.3 Å². The molecule has 5 nitrogen and oxygen atoms in total. The summed E-state index contributed by atoms with van der Waals surface area (Å²) >= 11 is 1.91. The Labute approximate surface area is 202 Å². The summed E-state index contributed by atoms with van der Waals surface area (Å²) in [5, 5.41) is 0.283. The van der Waals surface area contributed by atoms with Crippen LogP contribution in [-0.2, 0) is 0 Å². The lowest BCUT2D eigenvalue weighted by Crippen LogP contribution is -2.31. The Kier molecular flexibility index (Phi) is 8.18. The highest BCUT2D eigenvalue weighted by molar-refractivity contribution is 7.99. The predicted molar refractivity (Wildman–Crippen MR) is 136 cm³/mol. The number of benzene rings is 2. The molecule has 1 heterocycles. The van der Waals surface area contributed by atoms with Crippen molar-refractivity contribution in [1.82, 2.24) is 0 Å². The van der Waals surface area contributed by atoms with Gasteiger partial charge in [-0.05, 0) is 68.0 Å². The van der Waals surface area contributed by atoms with E-state index in [1.54, 1.807) is 21.3 Å². The average Bonchev–Trinajstić information content (AvgIpc) is 3.03. The summed E-state index contributed by atoms with van der Waals surface area (Å²) in [6, 6.07) is 10.8. The first-order valence-electron chi connectivity index (χ1n) is 12.1. The first-order chi connectivity index (χ1) is 16.2. The van der Waals surface area contributed by atoms with Gasteiger partial charge in [-0.3, -0.25) is 0 Å². The van der Waals surface area contributed by atoms with Gasteiger partial charge in [0, 0.05) is 23.2 Å². The first kappa shape index (κ1) is 23.9. The van der Waals surface area contributed by atoms with Crippen molar-refractivity contribution in [1.29, 1.82) is 0 Å². The van der Waals surface area contributed by atoms with Gasteiger partial charge in [0.1, 0.15) is 5.75 Å². The molecule has 1 aliphatic carbocycles. The Hall–Kier alpha value is -2.21. The van der Waals surface area contributed by atoms with E-state index in [1.807, 2.05) is 18.7 Å². The van der Waals surface area contributed by atoms with E-state index in [2.05, 4.69) is 35.2 Å². The van der Waals surface area contributed by atoms with E-state index in [-0.39, 0.29) is 5.25 Å². The second-order valence-corrected chi connectivity index (χ2v) is 10.1. The van der Waals surface area contributed by atoms with Crippen LogP contribution >= 0.6 is 11.8 Å². The van der Waals surface area contributed by atoms with E-state index < -0.39 is 0 Å². The maximum Gasteiger partial charge on any atom is 0.203 e. The summed E-state index contributed by atoms with van der Waals surface area (Å²) in [7, 11) is 5.00. The Morgan fingerprint density at radius 3 is 2.27 bits per heavy atom. The highest BCUT2D eigenvalue weighted by Crippen LogP contribution is 2.49. The van der Waals surface area contributed by atoms with Gasteiger partial charge in [0.15, 0.2) is 11.5 Å². The van der Waals surface area contributed by atoms with E-state index in [0.29, 0.717) is 23.9 Å². The topological polar surface area (TPSA) is 40.2 Å². The molecular weight excluding hydrogens is 434 g/mol. The highest BCUT2D eigenvalue weighted by Gasteiger charge is 2.28. The van der Waals surface area contributed by atoms with Gasteiger partial charge in [-0.25, -0.2) is 0 Å². The van der Waals surface area contributed by atoms with Crippen molar-refractivity contribution in [2.45, 2.75) is 55.6 Å². The Balaban J connectivity index is 1.67. The van der Waals surface area contributed by atoms with Crippen molar-refractivity contribution in [3.8, 4) is 23.0 Å². The van der Waals surface area contributed by atoms with Crippen LogP contribution < -0.4 is 23.8 Å². The van der Waals surface area contributed by atoms with Gasteiger partial charge < -0.3 is 23.8 Å². The fourth-order valence-corrected chi connectivity index (χ4v) is 6.41. The summed E-state index contributed by atoms with van der Waals surface area (Å²) < 4.78 is 22.7. The molecule has 4 rings (SSSR count). The minimum Gasteiger partial charge on any atom is -0.494 e. The molecule has 180 valence electrons. The quantitative estimate of drug-likeness (QED) is 0.425. The Morgan fingerprint density at radius 1 is 0.909 bits per heavy atom. The molecule has 2 aromatic carbocycles. The molecule has 0 amide bonds. The van der Waals surface area contributed by atoms with Crippen molar-refractivity contribution >= 4 is 17.4 Å². The second kappa shape index (κ2) is 11.3. The molecule has 1 fully saturated rings. The van der Waals surface area contributed by atoms with Crippen molar-refractivity contribution in [2.24, 2.45) is 5.92 Å². The van der Waals surface area contributed by atoms with Crippen LogP contribution in [0.2, 0.25) is 0 Å². The fourth-order valence-electron chi connectivity index (χ4n) is 5.11. The molecule has 1 aliphatic heterocycles. The molecule has 33 heavy (non-hydrogen) atoms. The van der Waals surface area contributed by atoms with Crippen LogP contribution in [0.4, 0.5) is 5.69 Å². The molecule has 1 atom stereocenters. The molecule has 2 aromatic rings. The lowest BCUT2D eigenvalue weighted by molar-refractivity contribution is 0.323. The molecule has 0 bridgehead atoms. The van der Waals surface area contributed by atoms with Crippen molar-refractivity contribution < 1.29 is 18.9 Å². The SMILES string of the molecule is CCOc1ccc2c(c1)SC(c1cc(OC)c(OC)c(OC)c1)CCN2CC1CCCCC1. The minimum absolute atomic E-state index is 0.283. The summed E-state index contributed by atoms with van der Waals surface area (Å²) in [5.74, 6) is 3.78. The van der Waals surface area contributed by atoms with Crippen LogP contribution in [0.1, 0.15) is 56.3 Å². The van der Waals surface area contributed by atoms with E-state index in [4.69, 9.17) is 18.9 Å². The van der Waals surface area contributed by atoms with Crippen LogP contribution in [0.15, 0.2) is 35.2 Å². The number of hydrogen-bond donors (Lipinski definition) is 0. The largest absolute Gasteiger partial charge is 0.494 e. The number of thioether (sulfide) groups is 1. The van der Waals surface area contributed by atoms with Gasteiger partial charge in [0.25, 0.3) is 0 Å². The van der Waals surface area contributed by atoms with E-state index in [9.17, 15) is 0 Å². The van der Waals surface area contributed by atoms with Crippen LogP contribution in [0, 0.1) is 5.92 Å². The van der Waals surface area contributed by atoms with Crippen molar-refractivity contribution in [3.05, 3.63) is 35.9 Å². The number of nitrogens with zero attached hydrogens (tertiary/aromatic N) is 1. The summed E-state index contributed by atoms with van der Waals surface area (Å²) in [4.78, 5) is 3.90. The van der Waals surface area contributed by atoms with Crippen LogP contribution in [0.3, 0.4) is 0 Å². The molecule has 0 spiro atoms. The fraction of sp³-hybridized carbons (Fsp3) is 0.556. The normalized spacial score (nSPS) is 18.9. The zero-order valence-electron chi connectivity index (χ0n) is 20.4. The zero-order valence-corrected chi connectivity index (χ0v) is 21.2. The van der Waals surface area contributed by atoms with E-state index in [1.165, 1.54) is 48.3 Å². The maximum absolute atomic E-state index is 5.85. The van der Waals surface area contributed by atoms with Gasteiger partial charge in [0.2, 0.25) is 5.75 Å². The summed E-state index contributed by atoms with van der Waals surface area (Å²) in [5.41, 5.74) is 2.53.